The van der Waals surface area contributed by atoms with Crippen molar-refractivity contribution >= 4 is 27.6 Å². The number of methoxy groups -OCH3 is 1. The van der Waals surface area contributed by atoms with E-state index in [0.717, 1.165) is 5.56 Å². The molecule has 1 fully saturated rings. The van der Waals surface area contributed by atoms with Crippen molar-refractivity contribution < 1.29 is 27.5 Å². The van der Waals surface area contributed by atoms with E-state index in [-0.39, 0.29) is 23.0 Å². The van der Waals surface area contributed by atoms with E-state index in [0.29, 0.717) is 49.3 Å². The minimum absolute atomic E-state index is 0.146. The third kappa shape index (κ3) is 4.53. The van der Waals surface area contributed by atoms with Gasteiger partial charge in [0.1, 0.15) is 0 Å². The molecule has 0 spiro atoms. The normalized spacial score (nSPS) is 21.4. The summed E-state index contributed by atoms with van der Waals surface area (Å²) in [5, 5.41) is 0. The molecule has 2 aromatic rings. The molecule has 2 atom stereocenters. The van der Waals surface area contributed by atoms with Crippen LogP contribution in [0.25, 0.3) is 0 Å². The quantitative estimate of drug-likeness (QED) is 0.636. The Hall–Kier alpha value is -2.75. The van der Waals surface area contributed by atoms with Crippen molar-refractivity contribution in [3.63, 3.8) is 0 Å². The molecule has 0 N–H and O–H groups in total. The van der Waals surface area contributed by atoms with Gasteiger partial charge in [-0.1, -0.05) is 6.07 Å². The van der Waals surface area contributed by atoms with Gasteiger partial charge in [-0.15, -0.1) is 0 Å². The average Bonchev–Trinajstić information content (AvgIpc) is 2.81. The molecule has 1 saturated heterocycles. The standard InChI is InChI=1S/C24H28N2O6S/c1-16-14-25(15-17(2)32-16)33(29,30)19-11-9-18(10-12-19)23(27)26-13-5-7-20-21(24(28)31-3)6-4-8-22(20)26/h4,6,8-12,16-17H,5,7,13-15H2,1-3H3/t16-,17-/m1/s1. The minimum Gasteiger partial charge on any atom is -0.465 e. The van der Waals surface area contributed by atoms with Crippen molar-refractivity contribution in [3.8, 4) is 0 Å². The first-order valence-electron chi connectivity index (χ1n) is 11.0. The molecule has 4 rings (SSSR count). The van der Waals surface area contributed by atoms with Crippen LogP contribution in [0, 0.1) is 0 Å². The van der Waals surface area contributed by atoms with Crippen LogP contribution in [0.1, 0.15) is 46.5 Å². The van der Waals surface area contributed by atoms with E-state index in [4.69, 9.17) is 9.47 Å². The van der Waals surface area contributed by atoms with Crippen LogP contribution in [-0.4, -0.2) is 63.6 Å². The lowest BCUT2D eigenvalue weighted by Crippen LogP contribution is -2.48. The van der Waals surface area contributed by atoms with Gasteiger partial charge in [0.25, 0.3) is 5.91 Å². The number of fused-ring (bicyclic) bond motifs is 1. The molecule has 2 aromatic carbocycles. The first kappa shape index (κ1) is 23.4. The maximum Gasteiger partial charge on any atom is 0.338 e. The Morgan fingerprint density at radius 2 is 1.70 bits per heavy atom. The molecule has 0 bridgehead atoms. The zero-order valence-electron chi connectivity index (χ0n) is 19.0. The van der Waals surface area contributed by atoms with Gasteiger partial charge in [-0.3, -0.25) is 4.79 Å². The number of esters is 1. The number of hydrogen-bond donors (Lipinski definition) is 0. The number of morpholine rings is 1. The molecule has 8 nitrogen and oxygen atoms in total. The van der Waals surface area contributed by atoms with Gasteiger partial charge in [-0.2, -0.15) is 4.31 Å². The first-order chi connectivity index (χ1) is 15.7. The number of sulfonamides is 1. The topological polar surface area (TPSA) is 93.2 Å². The van der Waals surface area contributed by atoms with Crippen LogP contribution < -0.4 is 4.90 Å². The van der Waals surface area contributed by atoms with Gasteiger partial charge in [0.2, 0.25) is 10.0 Å². The summed E-state index contributed by atoms with van der Waals surface area (Å²) < 4.78 is 38.1. The Labute approximate surface area is 194 Å². The number of nitrogens with zero attached hydrogens (tertiary/aromatic N) is 2. The van der Waals surface area contributed by atoms with Gasteiger partial charge >= 0.3 is 5.97 Å². The van der Waals surface area contributed by atoms with Crippen LogP contribution in [0.2, 0.25) is 0 Å². The average molecular weight is 473 g/mol. The molecule has 2 aliphatic rings. The van der Waals surface area contributed by atoms with Crippen molar-refractivity contribution in [1.82, 2.24) is 4.31 Å². The van der Waals surface area contributed by atoms with Gasteiger partial charge < -0.3 is 14.4 Å². The van der Waals surface area contributed by atoms with Crippen LogP contribution in [0.3, 0.4) is 0 Å². The number of hydrogen-bond acceptors (Lipinski definition) is 6. The number of carbonyl (C=O) groups excluding carboxylic acids is 2. The van der Waals surface area contributed by atoms with Gasteiger partial charge in [-0.05, 0) is 68.7 Å². The van der Waals surface area contributed by atoms with Gasteiger partial charge in [-0.25, -0.2) is 13.2 Å². The maximum absolute atomic E-state index is 13.3. The Morgan fingerprint density at radius 1 is 1.03 bits per heavy atom. The summed E-state index contributed by atoms with van der Waals surface area (Å²) in [6, 6.07) is 11.3. The summed E-state index contributed by atoms with van der Waals surface area (Å²) >= 11 is 0. The Balaban J connectivity index is 1.59. The number of rotatable bonds is 4. The third-order valence-electron chi connectivity index (χ3n) is 6.03. The second-order valence-electron chi connectivity index (χ2n) is 8.46. The number of amides is 1. The summed E-state index contributed by atoms with van der Waals surface area (Å²) in [6.07, 6.45) is 1.03. The highest BCUT2D eigenvalue weighted by atomic mass is 32.2. The number of anilines is 1. The summed E-state index contributed by atoms with van der Waals surface area (Å²) in [4.78, 5) is 27.2. The zero-order valence-corrected chi connectivity index (χ0v) is 19.8. The molecule has 1 amide bonds. The van der Waals surface area contributed by atoms with Gasteiger partial charge in [0, 0.05) is 30.9 Å². The summed E-state index contributed by atoms with van der Waals surface area (Å²) in [6.45, 7) is 4.80. The van der Waals surface area contributed by atoms with E-state index in [1.54, 1.807) is 29.2 Å². The summed E-state index contributed by atoms with van der Waals surface area (Å²) in [5.41, 5.74) is 2.32. The molecule has 9 heteroatoms. The van der Waals surface area contributed by atoms with Crippen molar-refractivity contribution in [3.05, 3.63) is 59.2 Å². The van der Waals surface area contributed by atoms with E-state index in [1.807, 2.05) is 19.9 Å². The van der Waals surface area contributed by atoms with Crippen LogP contribution in [0.15, 0.2) is 47.4 Å². The van der Waals surface area contributed by atoms with E-state index in [9.17, 15) is 18.0 Å². The zero-order chi connectivity index (χ0) is 23.8. The highest BCUT2D eigenvalue weighted by Crippen LogP contribution is 2.32. The first-order valence-corrected chi connectivity index (χ1v) is 12.4. The summed E-state index contributed by atoms with van der Waals surface area (Å²) in [7, 11) is -2.35. The fourth-order valence-corrected chi connectivity index (χ4v) is 6.13. The Kier molecular flexibility index (Phi) is 6.56. The maximum atomic E-state index is 13.3. The van der Waals surface area contributed by atoms with Crippen LogP contribution in [0.5, 0.6) is 0 Å². The highest BCUT2D eigenvalue weighted by molar-refractivity contribution is 7.89. The van der Waals surface area contributed by atoms with Crippen molar-refractivity contribution in [2.75, 3.05) is 31.6 Å². The number of carbonyl (C=O) groups is 2. The predicted molar refractivity (Wildman–Crippen MR) is 123 cm³/mol. The largest absolute Gasteiger partial charge is 0.465 e. The van der Waals surface area contributed by atoms with Gasteiger partial charge in [0.15, 0.2) is 0 Å². The fourth-order valence-electron chi connectivity index (χ4n) is 4.54. The Bertz CT molecular complexity index is 1150. The molecule has 0 aromatic heterocycles. The van der Waals surface area contributed by atoms with Crippen LogP contribution in [0.4, 0.5) is 5.69 Å². The molecular weight excluding hydrogens is 444 g/mol. The molecule has 33 heavy (non-hydrogen) atoms. The van der Waals surface area contributed by atoms with Crippen molar-refractivity contribution in [2.24, 2.45) is 0 Å². The number of benzene rings is 2. The molecule has 0 aliphatic carbocycles. The van der Waals surface area contributed by atoms with Crippen molar-refractivity contribution in [2.45, 2.75) is 43.8 Å². The lowest BCUT2D eigenvalue weighted by molar-refractivity contribution is -0.0440. The molecule has 0 radical (unpaired) electrons. The minimum atomic E-state index is -3.68. The molecule has 2 heterocycles. The number of ether oxygens (including phenoxy) is 2. The second kappa shape index (κ2) is 9.24. The van der Waals surface area contributed by atoms with E-state index in [1.165, 1.54) is 23.5 Å². The lowest BCUT2D eigenvalue weighted by Gasteiger charge is -2.34. The second-order valence-corrected chi connectivity index (χ2v) is 10.4. The Morgan fingerprint density at radius 3 is 2.33 bits per heavy atom. The lowest BCUT2D eigenvalue weighted by atomic mass is 9.95. The molecule has 176 valence electrons. The van der Waals surface area contributed by atoms with Crippen molar-refractivity contribution in [1.29, 1.82) is 0 Å². The SMILES string of the molecule is COC(=O)c1cccc2c1CCCN2C(=O)c1ccc(S(=O)(=O)N2C[C@@H](C)O[C@H](C)C2)cc1. The van der Waals surface area contributed by atoms with E-state index < -0.39 is 16.0 Å². The van der Waals surface area contributed by atoms with E-state index >= 15 is 0 Å². The van der Waals surface area contributed by atoms with Crippen LogP contribution >= 0.6 is 0 Å². The third-order valence-corrected chi connectivity index (χ3v) is 7.87. The highest BCUT2D eigenvalue weighted by Gasteiger charge is 2.33. The predicted octanol–water partition coefficient (Wildman–Crippen LogP) is 2.86. The molecular formula is C24H28N2O6S. The van der Waals surface area contributed by atoms with Crippen LogP contribution in [-0.2, 0) is 25.9 Å². The molecule has 0 saturated carbocycles. The van der Waals surface area contributed by atoms with E-state index in [2.05, 4.69) is 0 Å². The van der Waals surface area contributed by atoms with Gasteiger partial charge in [0.05, 0.1) is 29.8 Å². The fraction of sp³-hybridized carbons (Fsp3) is 0.417. The smallest absolute Gasteiger partial charge is 0.338 e. The molecule has 2 aliphatic heterocycles. The summed E-state index contributed by atoms with van der Waals surface area (Å²) in [5.74, 6) is -0.669. The molecule has 0 unspecified atom stereocenters. The monoisotopic (exact) mass is 472 g/mol.